The second-order valence-corrected chi connectivity index (χ2v) is 8.22. The maximum Gasteiger partial charge on any atom is 0.259 e. The quantitative estimate of drug-likeness (QED) is 0.591. The summed E-state index contributed by atoms with van der Waals surface area (Å²) in [5, 5.41) is 0.514. The van der Waals surface area contributed by atoms with Crippen LogP contribution in [0.3, 0.4) is 0 Å². The first-order valence-electron chi connectivity index (χ1n) is 8.36. The van der Waals surface area contributed by atoms with Gasteiger partial charge < -0.3 is 4.98 Å². The lowest BCUT2D eigenvalue weighted by Crippen LogP contribution is -2.09. The van der Waals surface area contributed by atoms with Crippen molar-refractivity contribution >= 4 is 20.7 Å². The average Bonchev–Trinajstić information content (AvgIpc) is 2.68. The van der Waals surface area contributed by atoms with Crippen molar-refractivity contribution in [2.45, 2.75) is 16.7 Å². The summed E-state index contributed by atoms with van der Waals surface area (Å²) in [6, 6.07) is 20.2. The van der Waals surface area contributed by atoms with E-state index in [0.29, 0.717) is 22.3 Å². The molecule has 0 unspecified atom stereocenters. The van der Waals surface area contributed by atoms with Gasteiger partial charge in [0.25, 0.3) is 5.56 Å². The lowest BCUT2D eigenvalue weighted by Gasteiger charge is -2.07. The van der Waals surface area contributed by atoms with Crippen LogP contribution in [0.4, 0.5) is 0 Å². The van der Waals surface area contributed by atoms with Crippen molar-refractivity contribution in [3.63, 3.8) is 0 Å². The Labute approximate surface area is 156 Å². The molecule has 27 heavy (non-hydrogen) atoms. The standard InChI is InChI=1S/C21H16N2O3S/c1-14-6-10-16(11-7-14)27(25,26)17-12-8-15(9-13-17)20-22-19-5-3-2-4-18(19)21(24)23-20/h2-13H,1H3,(H,22,23,24). The lowest BCUT2D eigenvalue weighted by molar-refractivity contribution is 0.596. The minimum atomic E-state index is -3.59. The molecule has 0 spiro atoms. The summed E-state index contributed by atoms with van der Waals surface area (Å²) in [6.45, 7) is 1.91. The van der Waals surface area contributed by atoms with E-state index in [1.165, 1.54) is 12.1 Å². The predicted molar refractivity (Wildman–Crippen MR) is 104 cm³/mol. The molecule has 0 saturated heterocycles. The smallest absolute Gasteiger partial charge is 0.259 e. The number of H-pyrrole nitrogens is 1. The van der Waals surface area contributed by atoms with E-state index in [1.54, 1.807) is 54.6 Å². The fraction of sp³-hybridized carbons (Fsp3) is 0.0476. The summed E-state index contributed by atoms with van der Waals surface area (Å²) in [4.78, 5) is 19.9. The summed E-state index contributed by atoms with van der Waals surface area (Å²) in [7, 11) is -3.59. The first-order valence-corrected chi connectivity index (χ1v) is 9.85. The number of aryl methyl sites for hydroxylation is 1. The van der Waals surface area contributed by atoms with Gasteiger partial charge in [0.15, 0.2) is 0 Å². The zero-order valence-electron chi connectivity index (χ0n) is 14.5. The second-order valence-electron chi connectivity index (χ2n) is 6.27. The second kappa shape index (κ2) is 6.48. The SMILES string of the molecule is Cc1ccc(S(=O)(=O)c2ccc(-c3nc4ccccc4c(=O)[nH]3)cc2)cc1. The van der Waals surface area contributed by atoms with Crippen molar-refractivity contribution in [3.05, 3.63) is 88.7 Å². The largest absolute Gasteiger partial charge is 0.306 e. The molecule has 0 aliphatic heterocycles. The molecule has 0 atom stereocenters. The van der Waals surface area contributed by atoms with Gasteiger partial charge in [0, 0.05) is 5.56 Å². The van der Waals surface area contributed by atoms with Gasteiger partial charge in [-0.2, -0.15) is 0 Å². The van der Waals surface area contributed by atoms with Crippen LogP contribution in [0.15, 0.2) is 87.4 Å². The molecule has 0 amide bonds. The number of para-hydroxylation sites is 1. The van der Waals surface area contributed by atoms with Gasteiger partial charge in [-0.1, -0.05) is 29.8 Å². The summed E-state index contributed by atoms with van der Waals surface area (Å²) >= 11 is 0. The number of aromatic amines is 1. The lowest BCUT2D eigenvalue weighted by atomic mass is 10.2. The highest BCUT2D eigenvalue weighted by Gasteiger charge is 2.17. The van der Waals surface area contributed by atoms with Gasteiger partial charge in [0.2, 0.25) is 9.84 Å². The molecule has 1 aromatic heterocycles. The van der Waals surface area contributed by atoms with E-state index in [2.05, 4.69) is 9.97 Å². The highest BCUT2D eigenvalue weighted by atomic mass is 32.2. The van der Waals surface area contributed by atoms with Gasteiger partial charge in [-0.05, 0) is 55.5 Å². The maximum atomic E-state index is 12.7. The van der Waals surface area contributed by atoms with E-state index in [0.717, 1.165) is 5.56 Å². The summed E-state index contributed by atoms with van der Waals surface area (Å²) in [5.41, 5.74) is 2.00. The van der Waals surface area contributed by atoms with Crippen LogP contribution in [0, 0.1) is 6.92 Å². The summed E-state index contributed by atoms with van der Waals surface area (Å²) in [6.07, 6.45) is 0. The van der Waals surface area contributed by atoms with Gasteiger partial charge in [-0.25, -0.2) is 13.4 Å². The zero-order chi connectivity index (χ0) is 19.0. The number of hydrogen-bond acceptors (Lipinski definition) is 4. The molecule has 4 rings (SSSR count). The fourth-order valence-electron chi connectivity index (χ4n) is 2.87. The van der Waals surface area contributed by atoms with E-state index in [9.17, 15) is 13.2 Å². The summed E-state index contributed by atoms with van der Waals surface area (Å²) in [5.74, 6) is 0.401. The molecule has 0 bridgehead atoms. The molecule has 0 aliphatic rings. The number of hydrogen-bond donors (Lipinski definition) is 1. The van der Waals surface area contributed by atoms with Crippen molar-refractivity contribution in [1.29, 1.82) is 0 Å². The Hall–Kier alpha value is -3.25. The average molecular weight is 376 g/mol. The Morgan fingerprint density at radius 2 is 1.41 bits per heavy atom. The summed E-state index contributed by atoms with van der Waals surface area (Å²) < 4.78 is 25.5. The molecule has 3 aromatic carbocycles. The topological polar surface area (TPSA) is 79.9 Å². The molecular weight excluding hydrogens is 360 g/mol. The molecule has 1 heterocycles. The molecule has 134 valence electrons. The molecule has 4 aromatic rings. The van der Waals surface area contributed by atoms with Crippen LogP contribution < -0.4 is 5.56 Å². The number of sulfone groups is 1. The van der Waals surface area contributed by atoms with Gasteiger partial charge >= 0.3 is 0 Å². The third-order valence-electron chi connectivity index (χ3n) is 4.38. The first-order chi connectivity index (χ1) is 12.9. The van der Waals surface area contributed by atoms with Gasteiger partial charge in [0.1, 0.15) is 5.82 Å². The molecule has 6 heteroatoms. The van der Waals surface area contributed by atoms with E-state index >= 15 is 0 Å². The Morgan fingerprint density at radius 3 is 2.07 bits per heavy atom. The molecule has 1 N–H and O–H groups in total. The van der Waals surface area contributed by atoms with Crippen LogP contribution in [0.5, 0.6) is 0 Å². The first kappa shape index (κ1) is 17.2. The fourth-order valence-corrected chi connectivity index (χ4v) is 4.13. The maximum absolute atomic E-state index is 12.7. The van der Waals surface area contributed by atoms with Gasteiger partial charge in [0.05, 0.1) is 20.7 Å². The van der Waals surface area contributed by atoms with Crippen LogP contribution >= 0.6 is 0 Å². The van der Waals surface area contributed by atoms with Crippen molar-refractivity contribution < 1.29 is 8.42 Å². The number of fused-ring (bicyclic) bond motifs is 1. The monoisotopic (exact) mass is 376 g/mol. The molecule has 5 nitrogen and oxygen atoms in total. The van der Waals surface area contributed by atoms with Crippen LogP contribution in [-0.4, -0.2) is 18.4 Å². The van der Waals surface area contributed by atoms with Crippen LogP contribution in [0.1, 0.15) is 5.56 Å². The van der Waals surface area contributed by atoms with Crippen LogP contribution in [-0.2, 0) is 9.84 Å². The minimum absolute atomic E-state index is 0.193. The Bertz CT molecular complexity index is 1290. The van der Waals surface area contributed by atoms with Crippen molar-refractivity contribution in [1.82, 2.24) is 9.97 Å². The minimum Gasteiger partial charge on any atom is -0.306 e. The van der Waals surface area contributed by atoms with Crippen LogP contribution in [0.2, 0.25) is 0 Å². The van der Waals surface area contributed by atoms with E-state index in [1.807, 2.05) is 13.0 Å². The Balaban J connectivity index is 1.74. The number of aromatic nitrogens is 2. The van der Waals surface area contributed by atoms with Gasteiger partial charge in [-0.15, -0.1) is 0 Å². The molecule has 0 fully saturated rings. The van der Waals surface area contributed by atoms with E-state index in [-0.39, 0.29) is 15.4 Å². The highest BCUT2D eigenvalue weighted by Crippen LogP contribution is 2.24. The normalized spacial score (nSPS) is 11.6. The van der Waals surface area contributed by atoms with E-state index < -0.39 is 9.84 Å². The van der Waals surface area contributed by atoms with Crippen molar-refractivity contribution in [2.75, 3.05) is 0 Å². The number of nitrogens with zero attached hydrogens (tertiary/aromatic N) is 1. The predicted octanol–water partition coefficient (Wildman–Crippen LogP) is 3.73. The number of nitrogens with one attached hydrogen (secondary N) is 1. The van der Waals surface area contributed by atoms with Gasteiger partial charge in [-0.3, -0.25) is 4.79 Å². The number of rotatable bonds is 3. The zero-order valence-corrected chi connectivity index (χ0v) is 15.3. The van der Waals surface area contributed by atoms with E-state index in [4.69, 9.17) is 0 Å². The molecule has 0 radical (unpaired) electrons. The van der Waals surface area contributed by atoms with Crippen molar-refractivity contribution in [3.8, 4) is 11.4 Å². The Morgan fingerprint density at radius 1 is 0.815 bits per heavy atom. The molecule has 0 aliphatic carbocycles. The van der Waals surface area contributed by atoms with Crippen molar-refractivity contribution in [2.24, 2.45) is 0 Å². The third kappa shape index (κ3) is 3.15. The third-order valence-corrected chi connectivity index (χ3v) is 6.17. The molecule has 0 saturated carbocycles. The van der Waals surface area contributed by atoms with Crippen LogP contribution in [0.25, 0.3) is 22.3 Å². The Kier molecular flexibility index (Phi) is 4.12. The highest BCUT2D eigenvalue weighted by molar-refractivity contribution is 7.91. The number of benzene rings is 3. The molecular formula is C21H16N2O3S.